The highest BCUT2D eigenvalue weighted by molar-refractivity contribution is 5.45. The van der Waals surface area contributed by atoms with Crippen LogP contribution in [0.25, 0.3) is 0 Å². The van der Waals surface area contributed by atoms with Crippen LogP contribution < -0.4 is 0 Å². The molecule has 0 amide bonds. The predicted molar refractivity (Wildman–Crippen MR) is 56.5 cm³/mol. The molecule has 14 heavy (non-hydrogen) atoms. The summed E-state index contributed by atoms with van der Waals surface area (Å²) in [4.78, 5) is 0. The lowest BCUT2D eigenvalue weighted by Gasteiger charge is -2.46. The quantitative estimate of drug-likeness (QED) is 0.663. The highest BCUT2D eigenvalue weighted by atomic mass is 16.3. The SMILES string of the molecule is C[C@H]1CC[C@@]12CCc1ccc(O)cc12. The first-order valence-electron chi connectivity index (χ1n) is 5.55. The van der Waals surface area contributed by atoms with Gasteiger partial charge < -0.3 is 5.11 Å². The second-order valence-corrected chi connectivity index (χ2v) is 4.94. The van der Waals surface area contributed by atoms with E-state index in [9.17, 15) is 5.11 Å². The van der Waals surface area contributed by atoms with E-state index in [-0.39, 0.29) is 0 Å². The summed E-state index contributed by atoms with van der Waals surface area (Å²) in [5, 5.41) is 9.53. The van der Waals surface area contributed by atoms with Gasteiger partial charge in [0.05, 0.1) is 0 Å². The molecule has 0 bridgehead atoms. The minimum Gasteiger partial charge on any atom is -0.508 e. The molecular weight excluding hydrogens is 172 g/mol. The van der Waals surface area contributed by atoms with Crippen LogP contribution in [0.4, 0.5) is 0 Å². The van der Waals surface area contributed by atoms with Crippen molar-refractivity contribution in [2.75, 3.05) is 0 Å². The van der Waals surface area contributed by atoms with Crippen LogP contribution >= 0.6 is 0 Å². The van der Waals surface area contributed by atoms with Crippen LogP contribution in [0, 0.1) is 5.92 Å². The lowest BCUT2D eigenvalue weighted by atomic mass is 9.58. The molecule has 74 valence electrons. The largest absolute Gasteiger partial charge is 0.508 e. The van der Waals surface area contributed by atoms with Crippen LogP contribution in [0.5, 0.6) is 5.75 Å². The second-order valence-electron chi connectivity index (χ2n) is 4.94. The average molecular weight is 188 g/mol. The first-order chi connectivity index (χ1) is 6.72. The third-order valence-corrected chi connectivity index (χ3v) is 4.44. The number of rotatable bonds is 0. The number of hydrogen-bond acceptors (Lipinski definition) is 1. The number of aromatic hydroxyl groups is 1. The summed E-state index contributed by atoms with van der Waals surface area (Å²) in [5.74, 6) is 1.25. The van der Waals surface area contributed by atoms with Gasteiger partial charge in [-0.15, -0.1) is 0 Å². The summed E-state index contributed by atoms with van der Waals surface area (Å²) >= 11 is 0. The van der Waals surface area contributed by atoms with Crippen molar-refractivity contribution < 1.29 is 5.11 Å². The Balaban J connectivity index is 2.13. The summed E-state index contributed by atoms with van der Waals surface area (Å²) < 4.78 is 0. The molecule has 2 atom stereocenters. The van der Waals surface area contributed by atoms with Gasteiger partial charge in [0.1, 0.15) is 5.75 Å². The summed E-state index contributed by atoms with van der Waals surface area (Å²) in [6, 6.07) is 5.92. The van der Waals surface area contributed by atoms with Crippen LogP contribution in [0.3, 0.4) is 0 Å². The average Bonchev–Trinajstić information content (AvgIpc) is 2.56. The van der Waals surface area contributed by atoms with E-state index >= 15 is 0 Å². The van der Waals surface area contributed by atoms with Crippen molar-refractivity contribution in [1.82, 2.24) is 0 Å². The zero-order chi connectivity index (χ0) is 9.76. The van der Waals surface area contributed by atoms with Crippen molar-refractivity contribution in [3.05, 3.63) is 29.3 Å². The number of phenols is 1. The molecule has 2 aliphatic rings. The van der Waals surface area contributed by atoms with E-state index in [2.05, 4.69) is 13.0 Å². The normalized spacial score (nSPS) is 34.2. The van der Waals surface area contributed by atoms with Gasteiger partial charge in [-0.1, -0.05) is 13.0 Å². The Morgan fingerprint density at radius 1 is 1.36 bits per heavy atom. The maximum Gasteiger partial charge on any atom is 0.115 e. The molecule has 0 saturated heterocycles. The maximum absolute atomic E-state index is 9.53. The lowest BCUT2D eigenvalue weighted by molar-refractivity contribution is 0.138. The van der Waals surface area contributed by atoms with Gasteiger partial charge in [-0.3, -0.25) is 0 Å². The van der Waals surface area contributed by atoms with Gasteiger partial charge in [0.15, 0.2) is 0 Å². The Kier molecular flexibility index (Phi) is 1.51. The summed E-state index contributed by atoms with van der Waals surface area (Å²) in [7, 11) is 0. The fourth-order valence-corrected chi connectivity index (χ4v) is 3.29. The van der Waals surface area contributed by atoms with Gasteiger partial charge in [-0.25, -0.2) is 0 Å². The fraction of sp³-hybridized carbons (Fsp3) is 0.538. The Hall–Kier alpha value is -0.980. The summed E-state index contributed by atoms with van der Waals surface area (Å²) in [6.07, 6.45) is 5.19. The molecule has 0 aliphatic heterocycles. The molecular formula is C13H16O. The van der Waals surface area contributed by atoms with Crippen molar-refractivity contribution in [2.45, 2.75) is 38.0 Å². The van der Waals surface area contributed by atoms with Gasteiger partial charge in [0.2, 0.25) is 0 Å². The topological polar surface area (TPSA) is 20.2 Å². The van der Waals surface area contributed by atoms with Crippen LogP contribution in [-0.2, 0) is 11.8 Å². The Morgan fingerprint density at radius 3 is 2.86 bits per heavy atom. The molecule has 1 saturated carbocycles. The molecule has 1 aromatic carbocycles. The Bertz CT molecular complexity index is 383. The van der Waals surface area contributed by atoms with E-state index in [4.69, 9.17) is 0 Å². The smallest absolute Gasteiger partial charge is 0.115 e. The van der Waals surface area contributed by atoms with E-state index in [0.29, 0.717) is 11.2 Å². The van der Waals surface area contributed by atoms with Crippen LogP contribution in [0.15, 0.2) is 18.2 Å². The highest BCUT2D eigenvalue weighted by Crippen LogP contribution is 2.56. The van der Waals surface area contributed by atoms with Crippen LogP contribution in [-0.4, -0.2) is 5.11 Å². The van der Waals surface area contributed by atoms with Crippen molar-refractivity contribution >= 4 is 0 Å². The molecule has 0 aromatic heterocycles. The molecule has 2 aliphatic carbocycles. The zero-order valence-corrected chi connectivity index (χ0v) is 8.59. The third-order valence-electron chi connectivity index (χ3n) is 4.44. The zero-order valence-electron chi connectivity index (χ0n) is 8.59. The number of hydrogen-bond donors (Lipinski definition) is 1. The summed E-state index contributed by atoms with van der Waals surface area (Å²) in [5.41, 5.74) is 3.35. The van der Waals surface area contributed by atoms with Gasteiger partial charge in [-0.05, 0) is 60.3 Å². The van der Waals surface area contributed by atoms with E-state index in [1.807, 2.05) is 12.1 Å². The highest BCUT2D eigenvalue weighted by Gasteiger charge is 2.48. The summed E-state index contributed by atoms with van der Waals surface area (Å²) in [6.45, 7) is 2.35. The number of aryl methyl sites for hydroxylation is 1. The van der Waals surface area contributed by atoms with E-state index < -0.39 is 0 Å². The van der Waals surface area contributed by atoms with E-state index in [1.54, 1.807) is 0 Å². The molecule has 0 radical (unpaired) electrons. The molecule has 0 unspecified atom stereocenters. The lowest BCUT2D eigenvalue weighted by Crippen LogP contribution is -2.40. The molecule has 0 heterocycles. The molecule has 1 N–H and O–H groups in total. The van der Waals surface area contributed by atoms with Gasteiger partial charge in [-0.2, -0.15) is 0 Å². The van der Waals surface area contributed by atoms with Crippen molar-refractivity contribution in [1.29, 1.82) is 0 Å². The molecule has 1 heteroatoms. The second kappa shape index (κ2) is 2.53. The van der Waals surface area contributed by atoms with Crippen molar-refractivity contribution in [3.8, 4) is 5.75 Å². The molecule has 1 spiro atoms. The molecule has 1 nitrogen and oxygen atoms in total. The fourth-order valence-electron chi connectivity index (χ4n) is 3.29. The first kappa shape index (κ1) is 8.34. The van der Waals surface area contributed by atoms with E-state index in [1.165, 1.54) is 36.8 Å². The van der Waals surface area contributed by atoms with Gasteiger partial charge >= 0.3 is 0 Å². The molecule has 1 fully saturated rings. The van der Waals surface area contributed by atoms with Gasteiger partial charge in [0, 0.05) is 0 Å². The van der Waals surface area contributed by atoms with Crippen LogP contribution in [0.1, 0.15) is 37.3 Å². The minimum atomic E-state index is 0.434. The predicted octanol–water partition coefficient (Wildman–Crippen LogP) is 3.01. The molecule has 1 aromatic rings. The third kappa shape index (κ3) is 0.853. The standard InChI is InChI=1S/C13H16O/c1-9-4-6-13(9)7-5-10-2-3-11(14)8-12(10)13/h2-3,8-9,14H,4-7H2,1H3/t9-,13+/m0/s1. The number of phenolic OH excluding ortho intramolecular Hbond substituents is 1. The molecule has 3 rings (SSSR count). The monoisotopic (exact) mass is 188 g/mol. The minimum absolute atomic E-state index is 0.434. The number of benzene rings is 1. The first-order valence-corrected chi connectivity index (χ1v) is 5.55. The number of fused-ring (bicyclic) bond motifs is 2. The van der Waals surface area contributed by atoms with Crippen LogP contribution in [0.2, 0.25) is 0 Å². The van der Waals surface area contributed by atoms with Crippen molar-refractivity contribution in [3.63, 3.8) is 0 Å². The van der Waals surface area contributed by atoms with Gasteiger partial charge in [0.25, 0.3) is 0 Å². The Labute approximate surface area is 84.8 Å². The van der Waals surface area contributed by atoms with E-state index in [0.717, 1.165) is 5.92 Å². The maximum atomic E-state index is 9.53. The Morgan fingerprint density at radius 2 is 2.21 bits per heavy atom. The van der Waals surface area contributed by atoms with Crippen molar-refractivity contribution in [2.24, 2.45) is 5.92 Å².